The normalized spacial score (nSPS) is 11.8. The fraction of sp³-hybridized carbons (Fsp3) is 0.235. The molecule has 0 aliphatic heterocycles. The van der Waals surface area contributed by atoms with Crippen LogP contribution in [0.3, 0.4) is 0 Å². The fourth-order valence-electron chi connectivity index (χ4n) is 1.82. The molecule has 0 heterocycles. The van der Waals surface area contributed by atoms with Crippen LogP contribution >= 0.6 is 23.4 Å². The van der Waals surface area contributed by atoms with E-state index in [0.29, 0.717) is 11.6 Å². The Morgan fingerprint density at radius 1 is 1.18 bits per heavy atom. The molecule has 1 amide bonds. The van der Waals surface area contributed by atoms with Gasteiger partial charge in [-0.2, -0.15) is 0 Å². The minimum absolute atomic E-state index is 0.0379. The Morgan fingerprint density at radius 2 is 1.82 bits per heavy atom. The summed E-state index contributed by atoms with van der Waals surface area (Å²) < 4.78 is 5.37. The summed E-state index contributed by atoms with van der Waals surface area (Å²) in [5, 5.41) is 3.39. The smallest absolute Gasteiger partial charge is 0.237 e. The lowest BCUT2D eigenvalue weighted by molar-refractivity contribution is -0.115. The Labute approximate surface area is 140 Å². The van der Waals surface area contributed by atoms with Gasteiger partial charge in [-0.15, -0.1) is 11.8 Å². The first kappa shape index (κ1) is 16.7. The maximum atomic E-state index is 12.2. The van der Waals surface area contributed by atoms with Crippen LogP contribution in [0.2, 0.25) is 5.02 Å². The second kappa shape index (κ2) is 8.11. The monoisotopic (exact) mass is 335 g/mol. The number of amides is 1. The maximum absolute atomic E-state index is 12.2. The van der Waals surface area contributed by atoms with Crippen molar-refractivity contribution in [2.24, 2.45) is 0 Å². The summed E-state index contributed by atoms with van der Waals surface area (Å²) in [6.07, 6.45) is 0. The van der Waals surface area contributed by atoms with Gasteiger partial charge in [-0.1, -0.05) is 11.6 Å². The predicted molar refractivity (Wildman–Crippen MR) is 93.0 cm³/mol. The second-order valence-electron chi connectivity index (χ2n) is 4.66. The molecule has 2 aromatic carbocycles. The number of carbonyl (C=O) groups excluding carboxylic acids is 1. The van der Waals surface area contributed by atoms with Gasteiger partial charge in [-0.3, -0.25) is 4.79 Å². The molecule has 1 atom stereocenters. The van der Waals surface area contributed by atoms with E-state index in [0.717, 1.165) is 16.3 Å². The van der Waals surface area contributed by atoms with Crippen LogP contribution in [-0.2, 0) is 4.79 Å². The van der Waals surface area contributed by atoms with Crippen molar-refractivity contribution in [1.29, 1.82) is 0 Å². The molecule has 0 spiro atoms. The Balaban J connectivity index is 1.91. The second-order valence-corrected chi connectivity index (χ2v) is 6.51. The number of hydrogen-bond donors (Lipinski definition) is 1. The fourth-order valence-corrected chi connectivity index (χ4v) is 2.81. The molecule has 2 aromatic rings. The van der Waals surface area contributed by atoms with E-state index < -0.39 is 0 Å². The Hall–Kier alpha value is -1.65. The minimum atomic E-state index is -0.201. The number of nitrogens with one attached hydrogen (secondary N) is 1. The zero-order chi connectivity index (χ0) is 15.9. The van der Waals surface area contributed by atoms with Gasteiger partial charge in [0.2, 0.25) is 5.91 Å². The molecule has 116 valence electrons. The van der Waals surface area contributed by atoms with Gasteiger partial charge in [0.05, 0.1) is 11.9 Å². The van der Waals surface area contributed by atoms with Crippen LogP contribution in [-0.4, -0.2) is 17.8 Å². The summed E-state index contributed by atoms with van der Waals surface area (Å²) in [4.78, 5) is 13.2. The zero-order valence-corrected chi connectivity index (χ0v) is 14.1. The first-order valence-electron chi connectivity index (χ1n) is 7.04. The number of thioether (sulfide) groups is 1. The third-order valence-electron chi connectivity index (χ3n) is 2.93. The molecular formula is C17H18ClNO2S. The molecule has 0 fully saturated rings. The van der Waals surface area contributed by atoms with Crippen molar-refractivity contribution >= 4 is 35.0 Å². The summed E-state index contributed by atoms with van der Waals surface area (Å²) in [5.74, 6) is 0.758. The van der Waals surface area contributed by atoms with E-state index in [4.69, 9.17) is 16.3 Å². The summed E-state index contributed by atoms with van der Waals surface area (Å²) in [6.45, 7) is 4.44. The van der Waals surface area contributed by atoms with E-state index in [-0.39, 0.29) is 11.2 Å². The lowest BCUT2D eigenvalue weighted by Crippen LogP contribution is -2.22. The van der Waals surface area contributed by atoms with E-state index in [1.54, 1.807) is 0 Å². The first-order valence-corrected chi connectivity index (χ1v) is 8.30. The Morgan fingerprint density at radius 3 is 2.41 bits per heavy atom. The number of rotatable bonds is 6. The molecule has 3 nitrogen and oxygen atoms in total. The molecule has 0 bridgehead atoms. The van der Waals surface area contributed by atoms with Crippen LogP contribution in [0.15, 0.2) is 53.4 Å². The van der Waals surface area contributed by atoms with Crippen molar-refractivity contribution < 1.29 is 9.53 Å². The number of benzene rings is 2. The largest absolute Gasteiger partial charge is 0.494 e. The van der Waals surface area contributed by atoms with Gasteiger partial charge in [0.25, 0.3) is 0 Å². The van der Waals surface area contributed by atoms with Crippen molar-refractivity contribution in [3.05, 3.63) is 53.6 Å². The van der Waals surface area contributed by atoms with Crippen LogP contribution < -0.4 is 10.1 Å². The third kappa shape index (κ3) is 4.97. The van der Waals surface area contributed by atoms with Gasteiger partial charge >= 0.3 is 0 Å². The quantitative estimate of drug-likeness (QED) is 0.766. The maximum Gasteiger partial charge on any atom is 0.237 e. The lowest BCUT2D eigenvalue weighted by atomic mass is 10.3. The SMILES string of the molecule is CCOc1ccc(NC(=O)[C@@H](C)Sc2ccc(Cl)cc2)cc1. The number of hydrogen-bond acceptors (Lipinski definition) is 3. The Bertz CT molecular complexity index is 614. The molecular weight excluding hydrogens is 318 g/mol. The zero-order valence-electron chi connectivity index (χ0n) is 12.5. The topological polar surface area (TPSA) is 38.3 Å². The minimum Gasteiger partial charge on any atom is -0.494 e. The highest BCUT2D eigenvalue weighted by atomic mass is 35.5. The molecule has 0 aromatic heterocycles. The van der Waals surface area contributed by atoms with Crippen molar-refractivity contribution in [2.75, 3.05) is 11.9 Å². The van der Waals surface area contributed by atoms with Crippen LogP contribution in [0.25, 0.3) is 0 Å². The summed E-state index contributed by atoms with van der Waals surface area (Å²) in [6, 6.07) is 14.8. The number of carbonyl (C=O) groups is 1. The average molecular weight is 336 g/mol. The standard InChI is InChI=1S/C17H18ClNO2S/c1-3-21-15-8-6-14(7-9-15)19-17(20)12(2)22-16-10-4-13(18)5-11-16/h4-12H,3H2,1-2H3,(H,19,20)/t12-/m1/s1. The van der Waals surface area contributed by atoms with E-state index in [2.05, 4.69) is 5.32 Å². The molecule has 5 heteroatoms. The molecule has 2 rings (SSSR count). The van der Waals surface area contributed by atoms with Crippen molar-refractivity contribution in [2.45, 2.75) is 24.0 Å². The number of halogens is 1. The van der Waals surface area contributed by atoms with E-state index in [1.165, 1.54) is 11.8 Å². The highest BCUT2D eigenvalue weighted by molar-refractivity contribution is 8.00. The molecule has 1 N–H and O–H groups in total. The molecule has 0 saturated heterocycles. The van der Waals surface area contributed by atoms with Gasteiger partial charge in [0, 0.05) is 15.6 Å². The van der Waals surface area contributed by atoms with Crippen LogP contribution in [0, 0.1) is 0 Å². The highest BCUT2D eigenvalue weighted by Gasteiger charge is 2.14. The van der Waals surface area contributed by atoms with Gasteiger partial charge in [-0.05, 0) is 62.4 Å². The lowest BCUT2D eigenvalue weighted by Gasteiger charge is -2.12. The van der Waals surface area contributed by atoms with Crippen molar-refractivity contribution in [3.63, 3.8) is 0 Å². The molecule has 0 aliphatic carbocycles. The Kier molecular flexibility index (Phi) is 6.16. The third-order valence-corrected chi connectivity index (χ3v) is 4.29. The predicted octanol–water partition coefficient (Wildman–Crippen LogP) is 4.86. The molecule has 22 heavy (non-hydrogen) atoms. The molecule has 0 unspecified atom stereocenters. The first-order chi connectivity index (χ1) is 10.6. The summed E-state index contributed by atoms with van der Waals surface area (Å²) in [5.41, 5.74) is 0.761. The number of anilines is 1. The van der Waals surface area contributed by atoms with Gasteiger partial charge < -0.3 is 10.1 Å². The van der Waals surface area contributed by atoms with Crippen molar-refractivity contribution in [1.82, 2.24) is 0 Å². The van der Waals surface area contributed by atoms with E-state index >= 15 is 0 Å². The van der Waals surface area contributed by atoms with Crippen LogP contribution in [0.4, 0.5) is 5.69 Å². The van der Waals surface area contributed by atoms with Crippen LogP contribution in [0.1, 0.15) is 13.8 Å². The summed E-state index contributed by atoms with van der Waals surface area (Å²) >= 11 is 7.35. The highest BCUT2D eigenvalue weighted by Crippen LogP contribution is 2.25. The van der Waals surface area contributed by atoms with E-state index in [9.17, 15) is 4.79 Å². The molecule has 0 radical (unpaired) electrons. The molecule has 0 aliphatic rings. The van der Waals surface area contributed by atoms with Crippen molar-refractivity contribution in [3.8, 4) is 5.75 Å². The van der Waals surface area contributed by atoms with Crippen LogP contribution in [0.5, 0.6) is 5.75 Å². The van der Waals surface area contributed by atoms with Gasteiger partial charge in [0.15, 0.2) is 0 Å². The number of ether oxygens (including phenoxy) is 1. The van der Waals surface area contributed by atoms with Gasteiger partial charge in [0.1, 0.15) is 5.75 Å². The average Bonchev–Trinajstić information content (AvgIpc) is 2.51. The molecule has 0 saturated carbocycles. The van der Waals surface area contributed by atoms with E-state index in [1.807, 2.05) is 62.4 Å². The van der Waals surface area contributed by atoms with Gasteiger partial charge in [-0.25, -0.2) is 0 Å². The summed E-state index contributed by atoms with van der Waals surface area (Å²) in [7, 11) is 0.